The molecule has 0 saturated carbocycles. The highest BCUT2D eigenvalue weighted by molar-refractivity contribution is 6.29. The van der Waals surface area contributed by atoms with Crippen molar-refractivity contribution in [1.82, 2.24) is 19.5 Å². The molecule has 3 aromatic heterocycles. The number of halogens is 1. The normalized spacial score (nSPS) is 13.6. The van der Waals surface area contributed by atoms with E-state index < -0.39 is 5.97 Å². The third-order valence-electron chi connectivity index (χ3n) is 6.69. The molecule has 0 amide bonds. The van der Waals surface area contributed by atoms with E-state index in [1.807, 2.05) is 36.9 Å². The number of anilines is 2. The summed E-state index contributed by atoms with van der Waals surface area (Å²) >= 11 is 5.91. The lowest BCUT2D eigenvalue weighted by atomic mass is 10.0. The Hall–Kier alpha value is -4.49. The van der Waals surface area contributed by atoms with E-state index in [2.05, 4.69) is 21.4 Å². The molecule has 0 aliphatic carbocycles. The van der Waals surface area contributed by atoms with Gasteiger partial charge in [0.15, 0.2) is 17.2 Å². The summed E-state index contributed by atoms with van der Waals surface area (Å²) in [4.78, 5) is 39.8. The Labute approximate surface area is 223 Å². The zero-order chi connectivity index (χ0) is 27.1. The number of aryl methyl sites for hydroxylation is 2. The fourth-order valence-corrected chi connectivity index (χ4v) is 4.97. The molecule has 11 heteroatoms. The Bertz CT molecular complexity index is 1710. The van der Waals surface area contributed by atoms with Crippen LogP contribution < -0.4 is 15.8 Å². The Kier molecular flexibility index (Phi) is 6.46. The van der Waals surface area contributed by atoms with Gasteiger partial charge in [0.25, 0.3) is 5.56 Å². The van der Waals surface area contributed by atoms with Gasteiger partial charge < -0.3 is 19.9 Å². The molecule has 192 valence electrons. The summed E-state index contributed by atoms with van der Waals surface area (Å²) < 4.78 is 1.57. The van der Waals surface area contributed by atoms with E-state index >= 15 is 0 Å². The number of nitrogens with one attached hydrogen (secondary N) is 1. The summed E-state index contributed by atoms with van der Waals surface area (Å²) in [6.45, 7) is 4.77. The van der Waals surface area contributed by atoms with E-state index in [-0.39, 0.29) is 28.1 Å². The number of rotatable bonds is 5. The van der Waals surface area contributed by atoms with Crippen LogP contribution in [0.25, 0.3) is 11.0 Å². The van der Waals surface area contributed by atoms with Gasteiger partial charge in [0.1, 0.15) is 11.2 Å². The highest BCUT2D eigenvalue weighted by Crippen LogP contribution is 2.32. The summed E-state index contributed by atoms with van der Waals surface area (Å²) in [5.41, 5.74) is 4.88. The molecule has 0 bridgehead atoms. The Morgan fingerprint density at radius 1 is 1.24 bits per heavy atom. The molecule has 2 N–H and O–H groups in total. The zero-order valence-corrected chi connectivity index (χ0v) is 21.7. The van der Waals surface area contributed by atoms with Crippen LogP contribution in [-0.4, -0.2) is 37.1 Å². The lowest BCUT2D eigenvalue weighted by Gasteiger charge is -2.30. The quantitative estimate of drug-likeness (QED) is 0.367. The van der Waals surface area contributed by atoms with Crippen LogP contribution in [0.4, 0.5) is 11.5 Å². The number of carboxylic acids is 1. The first-order valence-corrected chi connectivity index (χ1v) is 12.3. The van der Waals surface area contributed by atoms with E-state index in [0.29, 0.717) is 42.0 Å². The number of pyridine rings is 2. The molecule has 0 saturated heterocycles. The lowest BCUT2D eigenvalue weighted by molar-refractivity contribution is 0.0691. The molecule has 0 unspecified atom stereocenters. The summed E-state index contributed by atoms with van der Waals surface area (Å²) in [6, 6.07) is 10.7. The van der Waals surface area contributed by atoms with Crippen LogP contribution in [0.15, 0.2) is 41.3 Å². The van der Waals surface area contributed by atoms with Gasteiger partial charge in [-0.1, -0.05) is 17.7 Å². The SMILES string of the molecule is Cc1cc([C@@H](C)Nc2ccc(Cl)nc2C(=O)O)c2nc(N3CCc4c(ccn(C)c4=O)C3)c(C#N)nc2c1. The molecule has 1 atom stereocenters. The molecule has 4 heterocycles. The fraction of sp³-hybridized carbons (Fsp3) is 0.259. The largest absolute Gasteiger partial charge is 0.476 e. The van der Waals surface area contributed by atoms with Crippen molar-refractivity contribution >= 4 is 40.1 Å². The smallest absolute Gasteiger partial charge is 0.356 e. The molecule has 0 radical (unpaired) electrons. The van der Waals surface area contributed by atoms with Crippen LogP contribution in [-0.2, 0) is 20.0 Å². The van der Waals surface area contributed by atoms with Crippen LogP contribution in [0.5, 0.6) is 0 Å². The number of nitrogens with zero attached hydrogens (tertiary/aromatic N) is 6. The van der Waals surface area contributed by atoms with Crippen molar-refractivity contribution < 1.29 is 9.90 Å². The predicted octanol–water partition coefficient (Wildman–Crippen LogP) is 3.99. The van der Waals surface area contributed by atoms with E-state index in [1.165, 1.54) is 6.07 Å². The summed E-state index contributed by atoms with van der Waals surface area (Å²) in [5, 5.41) is 22.8. The number of aromatic carboxylic acids is 1. The van der Waals surface area contributed by atoms with Gasteiger partial charge in [0.2, 0.25) is 0 Å². The standard InChI is InChI=1S/C27H24ClN7O3/c1-14-10-18(15(2)30-19-4-5-22(28)32-24(19)27(37)38)23-20(11-14)31-21(12-29)25(33-23)35-9-7-17-16(13-35)6-8-34(3)26(17)36/h4-6,8,10-11,15,30H,7,9,13H2,1-3H3,(H,37,38)/t15-/m1/s1. The highest BCUT2D eigenvalue weighted by atomic mass is 35.5. The van der Waals surface area contributed by atoms with Gasteiger partial charge in [-0.2, -0.15) is 5.26 Å². The number of nitriles is 1. The molecule has 0 spiro atoms. The van der Waals surface area contributed by atoms with Crippen molar-refractivity contribution in [3.63, 3.8) is 0 Å². The van der Waals surface area contributed by atoms with E-state index in [1.54, 1.807) is 23.9 Å². The highest BCUT2D eigenvalue weighted by Gasteiger charge is 2.25. The van der Waals surface area contributed by atoms with E-state index in [9.17, 15) is 20.0 Å². The van der Waals surface area contributed by atoms with E-state index in [0.717, 1.165) is 22.3 Å². The maximum atomic E-state index is 12.5. The first-order chi connectivity index (χ1) is 18.2. The van der Waals surface area contributed by atoms with Gasteiger partial charge in [0.05, 0.1) is 22.8 Å². The number of benzene rings is 1. The zero-order valence-electron chi connectivity index (χ0n) is 21.0. The Balaban J connectivity index is 1.58. The van der Waals surface area contributed by atoms with Gasteiger partial charge >= 0.3 is 5.97 Å². The second-order valence-electron chi connectivity index (χ2n) is 9.34. The average molecular weight is 530 g/mol. The summed E-state index contributed by atoms with van der Waals surface area (Å²) in [5.74, 6) is -0.750. The van der Waals surface area contributed by atoms with Gasteiger partial charge in [-0.05, 0) is 55.7 Å². The van der Waals surface area contributed by atoms with E-state index in [4.69, 9.17) is 16.6 Å². The molecule has 0 fully saturated rings. The molecule has 1 aliphatic rings. The van der Waals surface area contributed by atoms with Gasteiger partial charge in [0, 0.05) is 37.5 Å². The third-order valence-corrected chi connectivity index (χ3v) is 6.90. The van der Waals surface area contributed by atoms with Crippen molar-refractivity contribution in [2.24, 2.45) is 7.05 Å². The number of carboxylic acid groups (broad SMARTS) is 1. The van der Waals surface area contributed by atoms with Crippen LogP contribution in [0.3, 0.4) is 0 Å². The minimum atomic E-state index is -1.20. The van der Waals surface area contributed by atoms with Crippen molar-refractivity contribution in [2.75, 3.05) is 16.8 Å². The molecule has 1 aliphatic heterocycles. The van der Waals surface area contributed by atoms with Crippen molar-refractivity contribution in [3.05, 3.63) is 85.7 Å². The third kappa shape index (κ3) is 4.53. The first-order valence-electron chi connectivity index (χ1n) is 12.0. The number of aromatic nitrogens is 4. The average Bonchev–Trinajstić information content (AvgIpc) is 2.90. The summed E-state index contributed by atoms with van der Waals surface area (Å²) in [7, 11) is 1.73. The number of fused-ring (bicyclic) bond motifs is 2. The topological polar surface area (TPSA) is 137 Å². The number of hydrogen-bond acceptors (Lipinski definition) is 8. The monoisotopic (exact) mass is 529 g/mol. The minimum absolute atomic E-state index is 0.0117. The molecule has 10 nitrogen and oxygen atoms in total. The van der Waals surface area contributed by atoms with Crippen LogP contribution in [0, 0.1) is 18.3 Å². The second-order valence-corrected chi connectivity index (χ2v) is 9.73. The van der Waals surface area contributed by atoms with Crippen molar-refractivity contribution in [1.29, 1.82) is 5.26 Å². The van der Waals surface area contributed by atoms with Crippen molar-refractivity contribution in [3.8, 4) is 6.07 Å². The molecular formula is C27H24ClN7O3. The Morgan fingerprint density at radius 3 is 2.76 bits per heavy atom. The maximum Gasteiger partial charge on any atom is 0.356 e. The number of carbonyl (C=O) groups is 1. The molecular weight excluding hydrogens is 506 g/mol. The minimum Gasteiger partial charge on any atom is -0.476 e. The molecule has 38 heavy (non-hydrogen) atoms. The van der Waals surface area contributed by atoms with Gasteiger partial charge in [-0.25, -0.2) is 19.7 Å². The summed E-state index contributed by atoms with van der Waals surface area (Å²) in [6.07, 6.45) is 2.28. The predicted molar refractivity (Wildman–Crippen MR) is 144 cm³/mol. The fourth-order valence-electron chi connectivity index (χ4n) is 4.82. The van der Waals surface area contributed by atoms with Crippen LogP contribution in [0.2, 0.25) is 5.15 Å². The van der Waals surface area contributed by atoms with Crippen LogP contribution >= 0.6 is 11.6 Å². The molecule has 1 aromatic carbocycles. The second kappa shape index (κ2) is 9.76. The number of hydrogen-bond donors (Lipinski definition) is 2. The van der Waals surface area contributed by atoms with Gasteiger partial charge in [-0.15, -0.1) is 0 Å². The lowest BCUT2D eigenvalue weighted by Crippen LogP contribution is -2.36. The van der Waals surface area contributed by atoms with Crippen molar-refractivity contribution in [2.45, 2.75) is 32.9 Å². The molecule has 5 rings (SSSR count). The van der Waals surface area contributed by atoms with Crippen LogP contribution in [0.1, 0.15) is 51.4 Å². The van der Waals surface area contributed by atoms with Gasteiger partial charge in [-0.3, -0.25) is 4.79 Å². The Morgan fingerprint density at radius 2 is 2.03 bits per heavy atom. The molecule has 4 aromatic rings. The maximum absolute atomic E-state index is 12.5. The first kappa shape index (κ1) is 25.2.